The molecule has 0 saturated heterocycles. The van der Waals surface area contributed by atoms with Crippen molar-refractivity contribution in [2.75, 3.05) is 0 Å². The zero-order valence-electron chi connectivity index (χ0n) is 12.2. The van der Waals surface area contributed by atoms with E-state index in [1.807, 2.05) is 0 Å². The Morgan fingerprint density at radius 3 is 2.45 bits per heavy atom. The Morgan fingerprint density at radius 1 is 1.14 bits per heavy atom. The molecule has 0 heterocycles. The van der Waals surface area contributed by atoms with Crippen molar-refractivity contribution in [2.24, 2.45) is 0 Å². The standard InChI is InChI=1S/C17H17F2NO2/c1-2-15(22-16-6-4-3-5-14(16)19)17(21)20-11-12-7-9-13(18)10-8-12/h3-10,15H,2,11H2,1H3,(H,20,21)/t15-/m0/s1. The van der Waals surface area contributed by atoms with Gasteiger partial charge in [0.2, 0.25) is 0 Å². The molecule has 22 heavy (non-hydrogen) atoms. The van der Waals surface area contributed by atoms with E-state index in [1.165, 1.54) is 24.3 Å². The maximum absolute atomic E-state index is 13.5. The average Bonchev–Trinajstić information content (AvgIpc) is 2.53. The number of nitrogens with one attached hydrogen (secondary N) is 1. The van der Waals surface area contributed by atoms with Crippen LogP contribution in [0.2, 0.25) is 0 Å². The predicted octanol–water partition coefficient (Wildman–Crippen LogP) is 3.44. The molecule has 2 rings (SSSR count). The maximum atomic E-state index is 13.5. The minimum atomic E-state index is -0.780. The van der Waals surface area contributed by atoms with Crippen LogP contribution in [0.1, 0.15) is 18.9 Å². The summed E-state index contributed by atoms with van der Waals surface area (Å²) in [5.41, 5.74) is 0.774. The van der Waals surface area contributed by atoms with Gasteiger partial charge in [0.25, 0.3) is 5.91 Å². The molecule has 0 saturated carbocycles. The largest absolute Gasteiger partial charge is 0.478 e. The van der Waals surface area contributed by atoms with Crippen LogP contribution in [0.3, 0.4) is 0 Å². The summed E-state index contributed by atoms with van der Waals surface area (Å²) in [6.45, 7) is 2.04. The third kappa shape index (κ3) is 4.28. The quantitative estimate of drug-likeness (QED) is 0.888. The van der Waals surface area contributed by atoms with Crippen molar-refractivity contribution in [1.82, 2.24) is 5.32 Å². The van der Waals surface area contributed by atoms with Crippen molar-refractivity contribution in [2.45, 2.75) is 26.0 Å². The maximum Gasteiger partial charge on any atom is 0.261 e. The number of carbonyl (C=O) groups is 1. The molecule has 0 bridgehead atoms. The molecule has 1 N–H and O–H groups in total. The Balaban J connectivity index is 1.94. The van der Waals surface area contributed by atoms with E-state index in [2.05, 4.69) is 5.32 Å². The van der Waals surface area contributed by atoms with Gasteiger partial charge in [0, 0.05) is 6.54 Å². The van der Waals surface area contributed by atoms with Crippen LogP contribution in [-0.4, -0.2) is 12.0 Å². The molecule has 0 unspecified atom stereocenters. The highest BCUT2D eigenvalue weighted by Gasteiger charge is 2.19. The summed E-state index contributed by atoms with van der Waals surface area (Å²) >= 11 is 0. The van der Waals surface area contributed by atoms with Gasteiger partial charge in [0.05, 0.1) is 0 Å². The number of hydrogen-bond acceptors (Lipinski definition) is 2. The Labute approximate surface area is 127 Å². The van der Waals surface area contributed by atoms with Crippen molar-refractivity contribution >= 4 is 5.91 Å². The second kappa shape index (κ2) is 7.54. The minimum absolute atomic E-state index is 0.0475. The lowest BCUT2D eigenvalue weighted by Gasteiger charge is -2.17. The first kappa shape index (κ1) is 15.9. The number of carbonyl (C=O) groups excluding carboxylic acids is 1. The van der Waals surface area contributed by atoms with Crippen LogP contribution >= 0.6 is 0 Å². The molecule has 0 aromatic heterocycles. The summed E-state index contributed by atoms with van der Waals surface area (Å²) in [5, 5.41) is 2.70. The van der Waals surface area contributed by atoms with E-state index < -0.39 is 11.9 Å². The van der Waals surface area contributed by atoms with E-state index in [1.54, 1.807) is 31.2 Å². The minimum Gasteiger partial charge on any atom is -0.478 e. The van der Waals surface area contributed by atoms with Gasteiger partial charge in [-0.3, -0.25) is 4.79 Å². The number of benzene rings is 2. The van der Waals surface area contributed by atoms with Crippen LogP contribution in [0.25, 0.3) is 0 Å². The van der Waals surface area contributed by atoms with Gasteiger partial charge in [-0.1, -0.05) is 31.2 Å². The molecule has 116 valence electrons. The van der Waals surface area contributed by atoms with Crippen molar-refractivity contribution < 1.29 is 18.3 Å². The molecule has 5 heteroatoms. The highest BCUT2D eigenvalue weighted by molar-refractivity contribution is 5.81. The van der Waals surface area contributed by atoms with Crippen LogP contribution in [0.4, 0.5) is 8.78 Å². The fourth-order valence-electron chi connectivity index (χ4n) is 1.92. The van der Waals surface area contributed by atoms with Crippen LogP contribution in [-0.2, 0) is 11.3 Å². The first-order valence-corrected chi connectivity index (χ1v) is 7.03. The molecule has 0 aliphatic heterocycles. The molecule has 0 fully saturated rings. The second-order valence-corrected chi connectivity index (χ2v) is 4.79. The molecule has 3 nitrogen and oxygen atoms in total. The van der Waals surface area contributed by atoms with Crippen molar-refractivity contribution in [3.8, 4) is 5.75 Å². The van der Waals surface area contributed by atoms with Crippen LogP contribution in [0.15, 0.2) is 48.5 Å². The lowest BCUT2D eigenvalue weighted by atomic mass is 10.2. The van der Waals surface area contributed by atoms with E-state index in [4.69, 9.17) is 4.74 Å². The van der Waals surface area contributed by atoms with Gasteiger partial charge >= 0.3 is 0 Å². The highest BCUT2D eigenvalue weighted by Crippen LogP contribution is 2.18. The van der Waals surface area contributed by atoms with Crippen molar-refractivity contribution in [3.05, 3.63) is 65.7 Å². The SMILES string of the molecule is CC[C@H](Oc1ccccc1F)C(=O)NCc1ccc(F)cc1. The summed E-state index contributed by atoms with van der Waals surface area (Å²) < 4.78 is 31.8. The topological polar surface area (TPSA) is 38.3 Å². The molecule has 2 aromatic rings. The van der Waals surface area contributed by atoms with Gasteiger partial charge in [0.15, 0.2) is 17.7 Å². The van der Waals surface area contributed by atoms with Gasteiger partial charge in [-0.2, -0.15) is 0 Å². The molecule has 0 aliphatic carbocycles. The molecule has 2 aromatic carbocycles. The Hall–Kier alpha value is -2.43. The summed E-state index contributed by atoms with van der Waals surface area (Å²) in [5.74, 6) is -1.13. The van der Waals surface area contributed by atoms with E-state index >= 15 is 0 Å². The summed E-state index contributed by atoms with van der Waals surface area (Å²) in [4.78, 5) is 12.1. The van der Waals surface area contributed by atoms with Crippen molar-refractivity contribution in [1.29, 1.82) is 0 Å². The van der Waals surface area contributed by atoms with E-state index in [0.29, 0.717) is 6.42 Å². The van der Waals surface area contributed by atoms with Crippen LogP contribution in [0.5, 0.6) is 5.75 Å². The Kier molecular flexibility index (Phi) is 5.47. The lowest BCUT2D eigenvalue weighted by Crippen LogP contribution is -2.37. The van der Waals surface area contributed by atoms with Gasteiger partial charge in [0.1, 0.15) is 5.82 Å². The number of para-hydroxylation sites is 1. The lowest BCUT2D eigenvalue weighted by molar-refractivity contribution is -0.128. The first-order chi connectivity index (χ1) is 10.6. The fourth-order valence-corrected chi connectivity index (χ4v) is 1.92. The van der Waals surface area contributed by atoms with Crippen molar-refractivity contribution in [3.63, 3.8) is 0 Å². The molecule has 0 aliphatic rings. The number of rotatable bonds is 6. The van der Waals surface area contributed by atoms with E-state index in [9.17, 15) is 13.6 Å². The van der Waals surface area contributed by atoms with Crippen LogP contribution < -0.4 is 10.1 Å². The van der Waals surface area contributed by atoms with Gasteiger partial charge < -0.3 is 10.1 Å². The second-order valence-electron chi connectivity index (χ2n) is 4.79. The normalized spacial score (nSPS) is 11.8. The molecule has 0 radical (unpaired) electrons. The van der Waals surface area contributed by atoms with E-state index in [-0.39, 0.29) is 24.0 Å². The monoisotopic (exact) mass is 305 g/mol. The van der Waals surface area contributed by atoms with Gasteiger partial charge in [-0.05, 0) is 36.2 Å². The number of halogens is 2. The number of ether oxygens (including phenoxy) is 1. The summed E-state index contributed by atoms with van der Waals surface area (Å²) in [7, 11) is 0. The average molecular weight is 305 g/mol. The first-order valence-electron chi connectivity index (χ1n) is 7.03. The van der Waals surface area contributed by atoms with Crippen LogP contribution in [0, 0.1) is 11.6 Å². The molecular formula is C17H17F2NO2. The summed E-state index contributed by atoms with van der Waals surface area (Å²) in [6.07, 6.45) is -0.374. The molecule has 1 amide bonds. The fraction of sp³-hybridized carbons (Fsp3) is 0.235. The molecular weight excluding hydrogens is 288 g/mol. The Bertz CT molecular complexity index is 629. The van der Waals surface area contributed by atoms with E-state index in [0.717, 1.165) is 5.56 Å². The summed E-state index contributed by atoms with van der Waals surface area (Å²) in [6, 6.07) is 11.8. The molecule has 1 atom stereocenters. The highest BCUT2D eigenvalue weighted by atomic mass is 19.1. The molecule has 0 spiro atoms. The van der Waals surface area contributed by atoms with Gasteiger partial charge in [-0.15, -0.1) is 0 Å². The third-order valence-electron chi connectivity index (χ3n) is 3.15. The van der Waals surface area contributed by atoms with Gasteiger partial charge in [-0.25, -0.2) is 8.78 Å². The zero-order chi connectivity index (χ0) is 15.9. The zero-order valence-corrected chi connectivity index (χ0v) is 12.2. The predicted molar refractivity (Wildman–Crippen MR) is 79.4 cm³/mol. The number of amides is 1. The smallest absolute Gasteiger partial charge is 0.261 e. The Morgan fingerprint density at radius 2 is 1.82 bits per heavy atom. The third-order valence-corrected chi connectivity index (χ3v) is 3.15. The number of hydrogen-bond donors (Lipinski definition) is 1.